The van der Waals surface area contributed by atoms with Crippen LogP contribution in [0.4, 0.5) is 0 Å². The highest BCUT2D eigenvalue weighted by Gasteiger charge is 2.52. The van der Waals surface area contributed by atoms with Gasteiger partial charge in [-0.1, -0.05) is 78.3 Å². The predicted molar refractivity (Wildman–Crippen MR) is 142 cm³/mol. The van der Waals surface area contributed by atoms with Crippen LogP contribution in [0.1, 0.15) is 38.3 Å². The summed E-state index contributed by atoms with van der Waals surface area (Å²) in [6.07, 6.45) is 3.19. The van der Waals surface area contributed by atoms with E-state index in [0.29, 0.717) is 29.2 Å². The summed E-state index contributed by atoms with van der Waals surface area (Å²) in [4.78, 5) is 38.8. The van der Waals surface area contributed by atoms with Gasteiger partial charge in [-0.2, -0.15) is 0 Å². The van der Waals surface area contributed by atoms with Crippen molar-refractivity contribution in [2.24, 2.45) is 0 Å². The number of halogens is 1. The fourth-order valence-electron chi connectivity index (χ4n) is 5.12. The molecule has 38 heavy (non-hydrogen) atoms. The number of guanidine groups is 1. The zero-order valence-corrected chi connectivity index (χ0v) is 21.0. The molecule has 4 aromatic rings. The number of hydrogen-bond acceptors (Lipinski definition) is 5. The number of rotatable bonds is 5. The molecule has 2 amide bonds. The van der Waals surface area contributed by atoms with Crippen LogP contribution in [0.2, 0.25) is 5.02 Å². The molecule has 8 nitrogen and oxygen atoms in total. The summed E-state index contributed by atoms with van der Waals surface area (Å²) in [5.41, 5.74) is 3.01. The van der Waals surface area contributed by atoms with Crippen molar-refractivity contribution in [1.82, 2.24) is 25.1 Å². The van der Waals surface area contributed by atoms with Gasteiger partial charge in [0.2, 0.25) is 0 Å². The first-order valence-electron chi connectivity index (χ1n) is 12.1. The second-order valence-corrected chi connectivity index (χ2v) is 9.72. The lowest BCUT2D eigenvalue weighted by Gasteiger charge is -2.28. The molecular formula is C29H23ClN6O2. The minimum atomic E-state index is -1.23. The van der Waals surface area contributed by atoms with Gasteiger partial charge in [0.25, 0.3) is 11.8 Å². The van der Waals surface area contributed by atoms with Crippen molar-refractivity contribution in [3.63, 3.8) is 0 Å². The predicted octanol–water partition coefficient (Wildman–Crippen LogP) is 4.10. The quantitative estimate of drug-likeness (QED) is 0.411. The van der Waals surface area contributed by atoms with E-state index in [1.807, 2.05) is 60.7 Å². The second-order valence-electron chi connectivity index (χ2n) is 9.32. The number of amides is 2. The van der Waals surface area contributed by atoms with Crippen LogP contribution in [0.25, 0.3) is 0 Å². The maximum Gasteiger partial charge on any atom is 0.264 e. The summed E-state index contributed by atoms with van der Waals surface area (Å²) < 4.78 is 0. The smallest absolute Gasteiger partial charge is 0.264 e. The number of carbonyl (C=O) groups is 2. The van der Waals surface area contributed by atoms with Gasteiger partial charge in [0.05, 0.1) is 29.4 Å². The Labute approximate surface area is 224 Å². The van der Waals surface area contributed by atoms with Gasteiger partial charge in [-0.25, -0.2) is 9.97 Å². The van der Waals surface area contributed by atoms with Crippen LogP contribution in [0.3, 0.4) is 0 Å². The van der Waals surface area contributed by atoms with Crippen molar-refractivity contribution < 1.29 is 9.59 Å². The molecular weight excluding hydrogens is 500 g/mol. The van der Waals surface area contributed by atoms with E-state index < -0.39 is 5.54 Å². The first-order valence-corrected chi connectivity index (χ1v) is 12.5. The fraction of sp³-hybridized carbons (Fsp3) is 0.138. The minimum Gasteiger partial charge on any atom is -0.334 e. The standard InChI is InChI=1S/C29H23ClN6O2/c30-24-12-11-19(13-23(24)26(37)35-16-20-14-32-18-33-25(20)17-35)15-36-27(38)29(34-28(36)31,21-7-3-1-4-8-21)22-9-5-2-6-10-22/h1-14,18H,15-17H2,(H2,31,34). The molecule has 0 aliphatic carbocycles. The van der Waals surface area contributed by atoms with E-state index in [9.17, 15) is 9.59 Å². The molecule has 9 heteroatoms. The van der Waals surface area contributed by atoms with Gasteiger partial charge in [-0.3, -0.25) is 19.9 Å². The lowest BCUT2D eigenvalue weighted by atomic mass is 9.82. The molecule has 1 fully saturated rings. The number of benzene rings is 3. The summed E-state index contributed by atoms with van der Waals surface area (Å²) >= 11 is 6.45. The first-order chi connectivity index (χ1) is 18.5. The van der Waals surface area contributed by atoms with Crippen molar-refractivity contribution in [3.8, 4) is 0 Å². The van der Waals surface area contributed by atoms with E-state index in [4.69, 9.17) is 17.0 Å². The molecule has 1 saturated heterocycles. The van der Waals surface area contributed by atoms with Crippen LogP contribution in [0.15, 0.2) is 91.4 Å². The van der Waals surface area contributed by atoms with E-state index in [1.165, 1.54) is 11.2 Å². The summed E-state index contributed by atoms with van der Waals surface area (Å²) in [7, 11) is 0. The van der Waals surface area contributed by atoms with Crippen LogP contribution < -0.4 is 5.32 Å². The van der Waals surface area contributed by atoms with Crippen molar-refractivity contribution in [1.29, 1.82) is 5.41 Å². The van der Waals surface area contributed by atoms with Gasteiger partial charge >= 0.3 is 0 Å². The first kappa shape index (κ1) is 23.8. The number of carbonyl (C=O) groups excluding carboxylic acids is 2. The molecule has 0 radical (unpaired) electrons. The summed E-state index contributed by atoms with van der Waals surface area (Å²) in [6.45, 7) is 0.897. The molecule has 1 aromatic heterocycles. The molecule has 2 aliphatic rings. The SMILES string of the molecule is N=C1NC(c2ccccc2)(c2ccccc2)C(=O)N1Cc1ccc(Cl)c(C(=O)N2Cc3cncnc3C2)c1. The zero-order valence-electron chi connectivity index (χ0n) is 20.3. The highest BCUT2D eigenvalue weighted by atomic mass is 35.5. The van der Waals surface area contributed by atoms with Crippen LogP contribution in [-0.4, -0.2) is 37.5 Å². The maximum absolute atomic E-state index is 14.1. The molecule has 3 heterocycles. The number of aromatic nitrogens is 2. The number of hydrogen-bond donors (Lipinski definition) is 2. The minimum absolute atomic E-state index is 0.0147. The Kier molecular flexibility index (Phi) is 5.88. The molecule has 2 N–H and O–H groups in total. The summed E-state index contributed by atoms with van der Waals surface area (Å²) in [6, 6.07) is 23.9. The Balaban J connectivity index is 1.30. The van der Waals surface area contributed by atoms with Crippen molar-refractivity contribution in [2.45, 2.75) is 25.2 Å². The van der Waals surface area contributed by atoms with Gasteiger partial charge in [0, 0.05) is 18.3 Å². The topological polar surface area (TPSA) is 102 Å². The van der Waals surface area contributed by atoms with Crippen LogP contribution >= 0.6 is 11.6 Å². The molecule has 0 bridgehead atoms. The van der Waals surface area contributed by atoms with Crippen molar-refractivity contribution in [3.05, 3.63) is 130 Å². The molecule has 2 aliphatic heterocycles. The van der Waals surface area contributed by atoms with Crippen molar-refractivity contribution in [2.75, 3.05) is 0 Å². The largest absolute Gasteiger partial charge is 0.334 e. The third-order valence-corrected chi connectivity index (χ3v) is 7.36. The lowest BCUT2D eigenvalue weighted by molar-refractivity contribution is -0.130. The highest BCUT2D eigenvalue weighted by molar-refractivity contribution is 6.33. The maximum atomic E-state index is 14.1. The van der Waals surface area contributed by atoms with Crippen LogP contribution in [0.5, 0.6) is 0 Å². The third kappa shape index (κ3) is 3.90. The van der Waals surface area contributed by atoms with E-state index >= 15 is 0 Å². The molecule has 0 atom stereocenters. The van der Waals surface area contributed by atoms with Gasteiger partial charge < -0.3 is 10.2 Å². The molecule has 0 unspecified atom stereocenters. The Hall–Kier alpha value is -4.56. The Bertz CT molecular complexity index is 1500. The molecule has 188 valence electrons. The highest BCUT2D eigenvalue weighted by Crippen LogP contribution is 2.36. The average molecular weight is 523 g/mol. The number of fused-ring (bicyclic) bond motifs is 1. The number of nitrogens with one attached hydrogen (secondary N) is 2. The molecule has 3 aromatic carbocycles. The zero-order chi connectivity index (χ0) is 26.3. The van der Waals surface area contributed by atoms with Gasteiger partial charge in [0.15, 0.2) is 11.5 Å². The van der Waals surface area contributed by atoms with Gasteiger partial charge in [-0.15, -0.1) is 0 Å². The Morgan fingerprint density at radius 3 is 2.34 bits per heavy atom. The normalized spacial score (nSPS) is 15.9. The average Bonchev–Trinajstić information content (AvgIpc) is 3.50. The molecule has 0 spiro atoms. The van der Waals surface area contributed by atoms with E-state index in [1.54, 1.807) is 29.3 Å². The van der Waals surface area contributed by atoms with Crippen LogP contribution in [-0.2, 0) is 30.0 Å². The summed E-state index contributed by atoms with van der Waals surface area (Å²) in [5.74, 6) is -0.505. The van der Waals surface area contributed by atoms with E-state index in [-0.39, 0.29) is 24.3 Å². The van der Waals surface area contributed by atoms with E-state index in [2.05, 4.69) is 15.3 Å². The second kappa shape index (κ2) is 9.39. The number of nitrogens with zero attached hydrogens (tertiary/aromatic N) is 4. The van der Waals surface area contributed by atoms with E-state index in [0.717, 1.165) is 22.4 Å². The Morgan fingerprint density at radius 2 is 1.68 bits per heavy atom. The Morgan fingerprint density at radius 1 is 1.00 bits per heavy atom. The summed E-state index contributed by atoms with van der Waals surface area (Å²) in [5, 5.41) is 12.2. The lowest BCUT2D eigenvalue weighted by Crippen LogP contribution is -2.45. The molecule has 6 rings (SSSR count). The van der Waals surface area contributed by atoms with Gasteiger partial charge in [-0.05, 0) is 28.8 Å². The van der Waals surface area contributed by atoms with Crippen molar-refractivity contribution >= 4 is 29.4 Å². The fourth-order valence-corrected chi connectivity index (χ4v) is 5.32. The monoisotopic (exact) mass is 522 g/mol. The van der Waals surface area contributed by atoms with Gasteiger partial charge in [0.1, 0.15) is 6.33 Å². The van der Waals surface area contributed by atoms with Crippen LogP contribution in [0, 0.1) is 5.41 Å². The molecule has 0 saturated carbocycles. The third-order valence-electron chi connectivity index (χ3n) is 7.03.